The standard InChI is InChI=1S/C7H16N6/c1-6(2)13(5-4-8)7-9-10-11-12(7)3/h6H,4-5,8H2,1-3H3. The molecule has 6 nitrogen and oxygen atoms in total. The maximum atomic E-state index is 5.50. The Labute approximate surface area is 77.7 Å². The molecule has 1 aromatic heterocycles. The van der Waals surface area contributed by atoms with Crippen molar-refractivity contribution in [3.05, 3.63) is 0 Å². The second-order valence-electron chi connectivity index (χ2n) is 3.18. The zero-order valence-corrected chi connectivity index (χ0v) is 8.30. The van der Waals surface area contributed by atoms with Crippen LogP contribution in [0, 0.1) is 0 Å². The highest BCUT2D eigenvalue weighted by Crippen LogP contribution is 2.09. The quantitative estimate of drug-likeness (QED) is 0.675. The zero-order chi connectivity index (χ0) is 9.84. The normalized spacial score (nSPS) is 10.8. The lowest BCUT2D eigenvalue weighted by molar-refractivity contribution is 0.628. The molecule has 0 aromatic carbocycles. The van der Waals surface area contributed by atoms with E-state index in [0.29, 0.717) is 12.6 Å². The molecule has 0 aliphatic heterocycles. The van der Waals surface area contributed by atoms with Gasteiger partial charge in [-0.15, -0.1) is 0 Å². The molecule has 74 valence electrons. The molecule has 0 atom stereocenters. The number of aromatic nitrogens is 4. The summed E-state index contributed by atoms with van der Waals surface area (Å²) in [5.74, 6) is 0.764. The van der Waals surface area contributed by atoms with Crippen LogP contribution in [0.2, 0.25) is 0 Å². The van der Waals surface area contributed by atoms with E-state index < -0.39 is 0 Å². The number of aryl methyl sites for hydroxylation is 1. The summed E-state index contributed by atoms with van der Waals surface area (Å²) in [6.45, 7) is 5.55. The van der Waals surface area contributed by atoms with Gasteiger partial charge in [0.1, 0.15) is 0 Å². The average molecular weight is 184 g/mol. The van der Waals surface area contributed by atoms with Gasteiger partial charge in [0.25, 0.3) is 0 Å². The van der Waals surface area contributed by atoms with Crippen molar-refractivity contribution in [2.24, 2.45) is 12.8 Å². The van der Waals surface area contributed by atoms with Crippen LogP contribution in [0.15, 0.2) is 0 Å². The average Bonchev–Trinajstić information content (AvgIpc) is 2.47. The first-order valence-corrected chi connectivity index (χ1v) is 4.36. The Balaban J connectivity index is 2.82. The molecule has 0 aliphatic carbocycles. The van der Waals surface area contributed by atoms with E-state index in [4.69, 9.17) is 5.73 Å². The Hall–Kier alpha value is -1.17. The molecule has 1 rings (SSSR count). The topological polar surface area (TPSA) is 72.9 Å². The molecule has 6 heteroatoms. The van der Waals surface area contributed by atoms with Gasteiger partial charge >= 0.3 is 0 Å². The summed E-state index contributed by atoms with van der Waals surface area (Å²) in [4.78, 5) is 2.07. The first kappa shape index (κ1) is 9.91. The summed E-state index contributed by atoms with van der Waals surface area (Å²) in [5, 5.41) is 11.3. The molecule has 13 heavy (non-hydrogen) atoms. The first-order valence-electron chi connectivity index (χ1n) is 4.36. The van der Waals surface area contributed by atoms with Crippen LogP contribution in [-0.4, -0.2) is 39.3 Å². The van der Waals surface area contributed by atoms with Crippen LogP contribution >= 0.6 is 0 Å². The van der Waals surface area contributed by atoms with E-state index in [-0.39, 0.29) is 0 Å². The van der Waals surface area contributed by atoms with Crippen molar-refractivity contribution in [3.63, 3.8) is 0 Å². The largest absolute Gasteiger partial charge is 0.336 e. The fraction of sp³-hybridized carbons (Fsp3) is 0.857. The third kappa shape index (κ3) is 2.15. The van der Waals surface area contributed by atoms with Gasteiger partial charge in [-0.2, -0.15) is 0 Å². The lowest BCUT2D eigenvalue weighted by Crippen LogP contribution is -2.37. The van der Waals surface area contributed by atoms with Crippen LogP contribution < -0.4 is 10.6 Å². The molecule has 0 radical (unpaired) electrons. The van der Waals surface area contributed by atoms with Gasteiger partial charge in [0.2, 0.25) is 5.95 Å². The third-order valence-electron chi connectivity index (χ3n) is 1.85. The van der Waals surface area contributed by atoms with E-state index in [9.17, 15) is 0 Å². The molecule has 0 fully saturated rings. The highest BCUT2D eigenvalue weighted by Gasteiger charge is 2.14. The Morgan fingerprint density at radius 1 is 1.54 bits per heavy atom. The van der Waals surface area contributed by atoms with Crippen molar-refractivity contribution in [1.82, 2.24) is 20.2 Å². The number of nitrogens with zero attached hydrogens (tertiary/aromatic N) is 5. The second kappa shape index (κ2) is 4.18. The van der Waals surface area contributed by atoms with Crippen molar-refractivity contribution >= 4 is 5.95 Å². The molecule has 0 amide bonds. The molecule has 0 unspecified atom stereocenters. The van der Waals surface area contributed by atoms with Crippen LogP contribution in [0.5, 0.6) is 0 Å². The maximum absolute atomic E-state index is 5.50. The highest BCUT2D eigenvalue weighted by atomic mass is 15.6. The SMILES string of the molecule is CC(C)N(CCN)c1nnnn1C. The number of tetrazole rings is 1. The van der Waals surface area contributed by atoms with Gasteiger partial charge in [0.15, 0.2) is 0 Å². The van der Waals surface area contributed by atoms with E-state index in [1.54, 1.807) is 4.68 Å². The number of nitrogens with two attached hydrogens (primary N) is 1. The van der Waals surface area contributed by atoms with E-state index in [0.717, 1.165) is 12.5 Å². The van der Waals surface area contributed by atoms with Gasteiger partial charge in [-0.3, -0.25) is 0 Å². The van der Waals surface area contributed by atoms with Gasteiger partial charge in [-0.1, -0.05) is 5.10 Å². The fourth-order valence-corrected chi connectivity index (χ4v) is 1.20. The third-order valence-corrected chi connectivity index (χ3v) is 1.85. The summed E-state index contributed by atoms with van der Waals surface area (Å²) in [6, 6.07) is 0.355. The molecule has 1 heterocycles. The lowest BCUT2D eigenvalue weighted by Gasteiger charge is -2.25. The molecule has 1 aromatic rings. The monoisotopic (exact) mass is 184 g/mol. The molecular weight excluding hydrogens is 168 g/mol. The zero-order valence-electron chi connectivity index (χ0n) is 8.30. The van der Waals surface area contributed by atoms with Crippen molar-refractivity contribution in [1.29, 1.82) is 0 Å². The number of anilines is 1. The van der Waals surface area contributed by atoms with Crippen molar-refractivity contribution in [3.8, 4) is 0 Å². The molecular formula is C7H16N6. The molecule has 0 saturated carbocycles. The fourth-order valence-electron chi connectivity index (χ4n) is 1.20. The first-order chi connectivity index (χ1) is 6.16. The number of hydrogen-bond donors (Lipinski definition) is 1. The van der Waals surface area contributed by atoms with Crippen molar-refractivity contribution in [2.45, 2.75) is 19.9 Å². The van der Waals surface area contributed by atoms with Crippen LogP contribution in [0.3, 0.4) is 0 Å². The Kier molecular flexibility index (Phi) is 3.18. The molecule has 2 N–H and O–H groups in total. The van der Waals surface area contributed by atoms with Gasteiger partial charge < -0.3 is 10.6 Å². The summed E-state index contributed by atoms with van der Waals surface area (Å²) >= 11 is 0. The van der Waals surface area contributed by atoms with E-state index in [1.807, 2.05) is 7.05 Å². The smallest absolute Gasteiger partial charge is 0.245 e. The minimum atomic E-state index is 0.355. The predicted molar refractivity (Wildman–Crippen MR) is 50.3 cm³/mol. The Bertz CT molecular complexity index is 255. The maximum Gasteiger partial charge on any atom is 0.245 e. The summed E-state index contributed by atoms with van der Waals surface area (Å²) < 4.78 is 1.65. The number of hydrogen-bond acceptors (Lipinski definition) is 5. The summed E-state index contributed by atoms with van der Waals surface area (Å²) in [7, 11) is 1.82. The molecule has 0 spiro atoms. The Morgan fingerprint density at radius 2 is 2.23 bits per heavy atom. The minimum absolute atomic E-state index is 0.355. The summed E-state index contributed by atoms with van der Waals surface area (Å²) in [5.41, 5.74) is 5.50. The summed E-state index contributed by atoms with van der Waals surface area (Å²) in [6.07, 6.45) is 0. The molecule has 0 bridgehead atoms. The van der Waals surface area contributed by atoms with Gasteiger partial charge in [-0.05, 0) is 24.3 Å². The van der Waals surface area contributed by atoms with Gasteiger partial charge in [0.05, 0.1) is 0 Å². The van der Waals surface area contributed by atoms with E-state index in [1.165, 1.54) is 0 Å². The van der Waals surface area contributed by atoms with Gasteiger partial charge in [0, 0.05) is 26.2 Å². The second-order valence-corrected chi connectivity index (χ2v) is 3.18. The Morgan fingerprint density at radius 3 is 2.62 bits per heavy atom. The molecule has 0 saturated heterocycles. The minimum Gasteiger partial charge on any atom is -0.336 e. The van der Waals surface area contributed by atoms with Crippen molar-refractivity contribution in [2.75, 3.05) is 18.0 Å². The van der Waals surface area contributed by atoms with Gasteiger partial charge in [-0.25, -0.2) is 4.68 Å². The van der Waals surface area contributed by atoms with Crippen LogP contribution in [0.4, 0.5) is 5.95 Å². The lowest BCUT2D eigenvalue weighted by atomic mass is 10.3. The van der Waals surface area contributed by atoms with E-state index in [2.05, 4.69) is 34.3 Å². The number of rotatable bonds is 4. The molecule has 0 aliphatic rings. The van der Waals surface area contributed by atoms with Crippen molar-refractivity contribution < 1.29 is 0 Å². The van der Waals surface area contributed by atoms with Crippen LogP contribution in [-0.2, 0) is 7.05 Å². The van der Waals surface area contributed by atoms with Crippen LogP contribution in [0.25, 0.3) is 0 Å². The van der Waals surface area contributed by atoms with E-state index >= 15 is 0 Å². The predicted octanol–water partition coefficient (Wildman–Crippen LogP) is -0.616. The van der Waals surface area contributed by atoms with Crippen LogP contribution in [0.1, 0.15) is 13.8 Å². The highest BCUT2D eigenvalue weighted by molar-refractivity contribution is 5.28.